The summed E-state index contributed by atoms with van der Waals surface area (Å²) < 4.78 is 68.6. The lowest BCUT2D eigenvalue weighted by Gasteiger charge is -2.37. The second kappa shape index (κ2) is 8.74. The molecule has 2 heterocycles. The highest BCUT2D eigenvalue weighted by molar-refractivity contribution is 5.78. The maximum absolute atomic E-state index is 14.6. The second-order valence-electron chi connectivity index (χ2n) is 7.64. The number of halogens is 5. The van der Waals surface area contributed by atoms with Crippen LogP contribution in [0.5, 0.6) is 0 Å². The highest BCUT2D eigenvalue weighted by Crippen LogP contribution is 2.34. The zero-order valence-electron chi connectivity index (χ0n) is 16.9. The number of alkyl halides is 3. The van der Waals surface area contributed by atoms with Crippen LogP contribution in [0.4, 0.5) is 22.0 Å². The van der Waals surface area contributed by atoms with Gasteiger partial charge in [0.15, 0.2) is 0 Å². The number of nitrogens with zero attached hydrogens (tertiary/aromatic N) is 2. The van der Waals surface area contributed by atoms with Crippen LogP contribution < -0.4 is 5.32 Å². The van der Waals surface area contributed by atoms with Gasteiger partial charge in [-0.25, -0.2) is 8.78 Å². The fourth-order valence-electron chi connectivity index (χ4n) is 3.98. The van der Waals surface area contributed by atoms with Gasteiger partial charge in [0.05, 0.1) is 18.2 Å². The number of hydrogen-bond donors (Lipinski definition) is 1. The van der Waals surface area contributed by atoms with Gasteiger partial charge in [-0.2, -0.15) is 13.2 Å². The molecule has 32 heavy (non-hydrogen) atoms. The van der Waals surface area contributed by atoms with Gasteiger partial charge in [-0.15, -0.1) is 0 Å². The van der Waals surface area contributed by atoms with Crippen molar-refractivity contribution in [2.24, 2.45) is 0 Å². The molecule has 0 fully saturated rings. The molecule has 0 saturated heterocycles. The van der Waals surface area contributed by atoms with Crippen molar-refractivity contribution < 1.29 is 26.7 Å². The molecule has 3 aromatic rings. The van der Waals surface area contributed by atoms with Crippen LogP contribution >= 0.6 is 0 Å². The Kier molecular flexibility index (Phi) is 6.01. The van der Waals surface area contributed by atoms with Crippen LogP contribution in [-0.2, 0) is 24.1 Å². The van der Waals surface area contributed by atoms with E-state index in [4.69, 9.17) is 0 Å². The third-order valence-corrected chi connectivity index (χ3v) is 5.49. The van der Waals surface area contributed by atoms with Crippen molar-refractivity contribution in [3.05, 3.63) is 94.8 Å². The van der Waals surface area contributed by atoms with Crippen LogP contribution in [-0.4, -0.2) is 28.5 Å². The Balaban J connectivity index is 1.49. The number of rotatable bonds is 5. The van der Waals surface area contributed by atoms with E-state index in [1.54, 1.807) is 4.90 Å². The molecule has 1 aliphatic rings. The van der Waals surface area contributed by atoms with Gasteiger partial charge < -0.3 is 9.88 Å². The standard InChI is InChI=1S/C23H20F5N3O/c24-17-6-7-18(19(25)12-17)22-20-5-2-8-30(20)9-10-31(22)14-21(32)29-13-15-3-1-4-16(11-15)23(26,27)28/h1-8,11-12,22H,9-10,13-14H2,(H,29,32)/t22-/m0/s1. The van der Waals surface area contributed by atoms with Crippen LogP contribution in [0.1, 0.15) is 28.4 Å². The zero-order chi connectivity index (χ0) is 22.9. The summed E-state index contributed by atoms with van der Waals surface area (Å²) in [5.41, 5.74) is 0.555. The molecule has 0 aliphatic carbocycles. The molecule has 168 valence electrons. The number of fused-ring (bicyclic) bond motifs is 1. The molecule has 1 aromatic heterocycles. The first-order chi connectivity index (χ1) is 15.2. The van der Waals surface area contributed by atoms with Crippen molar-refractivity contribution in [3.8, 4) is 0 Å². The fraction of sp³-hybridized carbons (Fsp3) is 0.261. The van der Waals surface area contributed by atoms with Crippen molar-refractivity contribution in [2.75, 3.05) is 13.1 Å². The zero-order valence-corrected chi connectivity index (χ0v) is 16.9. The Morgan fingerprint density at radius 1 is 1.03 bits per heavy atom. The molecule has 0 unspecified atom stereocenters. The van der Waals surface area contributed by atoms with E-state index in [0.717, 1.165) is 23.9 Å². The van der Waals surface area contributed by atoms with E-state index < -0.39 is 35.3 Å². The molecule has 0 radical (unpaired) electrons. The molecule has 2 aromatic carbocycles. The Morgan fingerprint density at radius 3 is 2.59 bits per heavy atom. The molecule has 0 bridgehead atoms. The second-order valence-corrected chi connectivity index (χ2v) is 7.64. The van der Waals surface area contributed by atoms with Gasteiger partial charge in [-0.1, -0.05) is 18.2 Å². The average molecular weight is 449 g/mol. The van der Waals surface area contributed by atoms with Crippen LogP contribution in [0, 0.1) is 11.6 Å². The number of hydrogen-bond acceptors (Lipinski definition) is 2. The predicted octanol–water partition coefficient (Wildman–Crippen LogP) is 4.51. The lowest BCUT2D eigenvalue weighted by atomic mass is 9.99. The third kappa shape index (κ3) is 4.67. The SMILES string of the molecule is O=C(CN1CCn2cccc2[C@@H]1c1ccc(F)cc1F)NCc1cccc(C(F)(F)F)c1. The van der Waals surface area contributed by atoms with E-state index in [-0.39, 0.29) is 18.7 Å². The summed E-state index contributed by atoms with van der Waals surface area (Å²) >= 11 is 0. The first-order valence-corrected chi connectivity index (χ1v) is 9.99. The number of benzene rings is 2. The minimum absolute atomic E-state index is 0.0669. The summed E-state index contributed by atoms with van der Waals surface area (Å²) in [4.78, 5) is 14.4. The van der Waals surface area contributed by atoms with Crippen molar-refractivity contribution in [1.82, 2.24) is 14.8 Å². The third-order valence-electron chi connectivity index (χ3n) is 5.49. The molecular formula is C23H20F5N3O. The summed E-state index contributed by atoms with van der Waals surface area (Å²) in [6.07, 6.45) is -2.61. The number of aromatic nitrogens is 1. The highest BCUT2D eigenvalue weighted by atomic mass is 19.4. The molecule has 4 nitrogen and oxygen atoms in total. The molecule has 1 atom stereocenters. The first kappa shape index (κ1) is 22.0. The normalized spacial score (nSPS) is 16.6. The van der Waals surface area contributed by atoms with E-state index >= 15 is 0 Å². The van der Waals surface area contributed by atoms with Crippen molar-refractivity contribution >= 4 is 5.91 Å². The summed E-state index contributed by atoms with van der Waals surface area (Å²) in [5.74, 6) is -1.81. The molecule has 1 N–H and O–H groups in total. The maximum atomic E-state index is 14.6. The fourth-order valence-corrected chi connectivity index (χ4v) is 3.98. The van der Waals surface area contributed by atoms with Gasteiger partial charge in [0.1, 0.15) is 11.6 Å². The quantitative estimate of drug-likeness (QED) is 0.583. The van der Waals surface area contributed by atoms with Crippen LogP contribution in [0.15, 0.2) is 60.8 Å². The topological polar surface area (TPSA) is 37.3 Å². The number of carbonyl (C=O) groups is 1. The van der Waals surface area contributed by atoms with Gasteiger partial charge in [0.2, 0.25) is 5.91 Å². The van der Waals surface area contributed by atoms with Crippen molar-refractivity contribution in [1.29, 1.82) is 0 Å². The first-order valence-electron chi connectivity index (χ1n) is 9.99. The summed E-state index contributed by atoms with van der Waals surface area (Å²) in [6, 6.07) is 11.1. The lowest BCUT2D eigenvalue weighted by molar-refractivity contribution is -0.137. The van der Waals surface area contributed by atoms with E-state index in [9.17, 15) is 26.7 Å². The highest BCUT2D eigenvalue weighted by Gasteiger charge is 2.32. The number of nitrogens with one attached hydrogen (secondary N) is 1. The molecule has 1 amide bonds. The molecular weight excluding hydrogens is 429 g/mol. The summed E-state index contributed by atoms with van der Waals surface area (Å²) in [6.45, 7) is 0.872. The summed E-state index contributed by atoms with van der Waals surface area (Å²) in [7, 11) is 0. The number of amides is 1. The Hall–Kier alpha value is -3.20. The van der Waals surface area contributed by atoms with Crippen molar-refractivity contribution in [3.63, 3.8) is 0 Å². The largest absolute Gasteiger partial charge is 0.416 e. The minimum Gasteiger partial charge on any atom is -0.351 e. The van der Waals surface area contributed by atoms with E-state index in [0.29, 0.717) is 18.7 Å². The maximum Gasteiger partial charge on any atom is 0.416 e. The molecule has 4 rings (SSSR count). The van der Waals surface area contributed by atoms with Gasteiger partial charge >= 0.3 is 6.18 Å². The van der Waals surface area contributed by atoms with Gasteiger partial charge in [-0.3, -0.25) is 9.69 Å². The molecule has 9 heteroatoms. The Morgan fingerprint density at radius 2 is 1.84 bits per heavy atom. The lowest BCUT2D eigenvalue weighted by Crippen LogP contribution is -2.44. The number of carbonyl (C=O) groups excluding carboxylic acids is 1. The van der Waals surface area contributed by atoms with Crippen LogP contribution in [0.3, 0.4) is 0 Å². The molecule has 0 spiro atoms. The van der Waals surface area contributed by atoms with Gasteiger partial charge in [0, 0.05) is 43.2 Å². The van der Waals surface area contributed by atoms with Crippen molar-refractivity contribution in [2.45, 2.75) is 25.3 Å². The monoisotopic (exact) mass is 449 g/mol. The van der Waals surface area contributed by atoms with Gasteiger partial charge in [0.25, 0.3) is 0 Å². The van der Waals surface area contributed by atoms with Crippen LogP contribution in [0.25, 0.3) is 0 Å². The van der Waals surface area contributed by atoms with E-state index in [1.807, 2.05) is 22.9 Å². The Labute approximate surface area is 181 Å². The van der Waals surface area contributed by atoms with E-state index in [2.05, 4.69) is 5.32 Å². The Bertz CT molecular complexity index is 1120. The molecule has 0 saturated carbocycles. The summed E-state index contributed by atoms with van der Waals surface area (Å²) in [5, 5.41) is 2.63. The van der Waals surface area contributed by atoms with E-state index in [1.165, 1.54) is 24.3 Å². The van der Waals surface area contributed by atoms with Gasteiger partial charge in [-0.05, 0) is 35.9 Å². The molecule has 1 aliphatic heterocycles. The van der Waals surface area contributed by atoms with Crippen LogP contribution in [0.2, 0.25) is 0 Å². The minimum atomic E-state index is -4.46. The average Bonchev–Trinajstić information content (AvgIpc) is 3.21. The predicted molar refractivity (Wildman–Crippen MR) is 107 cm³/mol. The smallest absolute Gasteiger partial charge is 0.351 e.